The van der Waals surface area contributed by atoms with E-state index < -0.39 is 14.3 Å². The van der Waals surface area contributed by atoms with Crippen LogP contribution in [0.1, 0.15) is 73.6 Å². The molecule has 0 radical (unpaired) electrons. The fourth-order valence-electron chi connectivity index (χ4n) is 13.5. The van der Waals surface area contributed by atoms with E-state index in [1.165, 1.54) is 65.2 Å². The van der Waals surface area contributed by atoms with Gasteiger partial charge < -0.3 is 54.2 Å². The van der Waals surface area contributed by atoms with Gasteiger partial charge in [-0.25, -0.2) is 9.97 Å². The molecular formula is C68H87Cl3N16O6P2. The molecule has 4 fully saturated rings. The molecule has 8 aromatic rings. The quantitative estimate of drug-likeness (QED) is 0.0333. The van der Waals surface area contributed by atoms with Crippen molar-refractivity contribution in [3.05, 3.63) is 133 Å². The minimum atomic E-state index is -2.60. The largest absolute Gasteiger partial charge is 0.494 e. The summed E-state index contributed by atoms with van der Waals surface area (Å²) in [6.07, 6.45) is 20.4. The second-order valence-corrected chi connectivity index (χ2v) is 33.2. The molecule has 4 aromatic carbocycles. The minimum Gasteiger partial charge on any atom is -0.494 e. The van der Waals surface area contributed by atoms with E-state index in [4.69, 9.17) is 49.3 Å². The number of likely N-dealkylation sites (tertiary alicyclic amines) is 2. The van der Waals surface area contributed by atoms with Gasteiger partial charge in [0.15, 0.2) is 17.4 Å². The summed E-state index contributed by atoms with van der Waals surface area (Å²) < 4.78 is 40.7. The Hall–Kier alpha value is -7.29. The molecule has 4 aromatic heterocycles. The molecule has 0 unspecified atom stereocenters. The van der Waals surface area contributed by atoms with Crippen molar-refractivity contribution in [2.24, 2.45) is 14.1 Å². The molecular weight excluding hydrogens is 1310 g/mol. The average Bonchev–Trinajstić information content (AvgIpc) is 1.77. The van der Waals surface area contributed by atoms with Crippen molar-refractivity contribution in [1.82, 2.24) is 49.3 Å². The molecule has 12 rings (SSSR count). The van der Waals surface area contributed by atoms with Gasteiger partial charge in [0.05, 0.1) is 61.0 Å². The summed E-state index contributed by atoms with van der Waals surface area (Å²) in [5.41, 5.74) is 12.2. The molecule has 0 aliphatic carbocycles. The Labute approximate surface area is 572 Å². The first-order chi connectivity index (χ1) is 45.3. The standard InChI is InChI=1S/C34H44ClN8O2P.C20H27N5O3.C14H16Cl2N3OP/c1-22-9-10-28(32(23(22)2)46(5,6)44)38-33-27(35)20-36-34(40-33)39-29-17-26(24-19-37-41(3)21-24)30(18-31(29)45-4)43-15-11-25(12-16-43)42-13-7-8-14-42;1-22-14-15(13-21-22)17-11-19(25(26)27)20(28-2)12-18(17)24-9-5-16(6-10-24)23-7-3-4-8-23;1-8-5-6-11(12(9(8)2)21(3,4)20)18-13-10(15)7-17-14(16)19-13/h9-10,17-21,25H,7-8,11-16H2,1-6H3,(H2,36,38,39,40);11-14,16H,3-10H2,1-2H3;5-7H,1-4H3,(H,17,18,19). The Bertz CT molecular complexity index is 4170. The van der Waals surface area contributed by atoms with Crippen LogP contribution in [-0.2, 0) is 23.2 Å². The van der Waals surface area contributed by atoms with Crippen LogP contribution in [0.25, 0.3) is 22.3 Å². The van der Waals surface area contributed by atoms with Crippen molar-refractivity contribution in [2.45, 2.75) is 91.1 Å². The van der Waals surface area contributed by atoms with Gasteiger partial charge in [0.2, 0.25) is 11.2 Å². The van der Waals surface area contributed by atoms with Crippen LogP contribution in [0.2, 0.25) is 15.3 Å². The fourth-order valence-corrected chi connectivity index (χ4v) is 17.3. The van der Waals surface area contributed by atoms with Crippen LogP contribution in [-0.4, -0.2) is 160 Å². The number of hydrogen-bond acceptors (Lipinski definition) is 19. The number of nitrogens with zero attached hydrogens (tertiary/aromatic N) is 13. The van der Waals surface area contributed by atoms with Gasteiger partial charge in [-0.1, -0.05) is 35.3 Å². The third kappa shape index (κ3) is 16.8. The summed E-state index contributed by atoms with van der Waals surface area (Å²) in [7, 11) is 1.87. The zero-order valence-electron chi connectivity index (χ0n) is 56.3. The highest BCUT2D eigenvalue weighted by Crippen LogP contribution is 2.46. The number of hydrogen-bond donors (Lipinski definition) is 3. The number of benzene rings is 4. The van der Waals surface area contributed by atoms with E-state index in [1.807, 2.05) is 95.4 Å². The number of nitrogens with one attached hydrogen (secondary N) is 3. The van der Waals surface area contributed by atoms with Crippen molar-refractivity contribution in [3.63, 3.8) is 0 Å². The van der Waals surface area contributed by atoms with E-state index in [0.29, 0.717) is 51.2 Å². The summed E-state index contributed by atoms with van der Waals surface area (Å²) in [5.74, 6) is 2.15. The molecule has 22 nitrogen and oxygen atoms in total. The summed E-state index contributed by atoms with van der Waals surface area (Å²) in [4.78, 5) is 38.3. The molecule has 27 heteroatoms. The molecule has 0 bridgehead atoms. The minimum absolute atomic E-state index is 0.0166. The maximum absolute atomic E-state index is 13.3. The fraction of sp³-hybridized carbons (Fsp3) is 0.441. The molecule has 506 valence electrons. The number of piperidine rings is 2. The lowest BCUT2D eigenvalue weighted by molar-refractivity contribution is -0.385. The van der Waals surface area contributed by atoms with Crippen LogP contribution < -0.4 is 45.8 Å². The maximum Gasteiger partial charge on any atom is 0.311 e. The van der Waals surface area contributed by atoms with Crippen LogP contribution in [0.3, 0.4) is 0 Å². The molecule has 95 heavy (non-hydrogen) atoms. The smallest absolute Gasteiger partial charge is 0.311 e. The monoisotopic (exact) mass is 1390 g/mol. The third-order valence-electron chi connectivity index (χ3n) is 18.5. The van der Waals surface area contributed by atoms with Crippen LogP contribution in [0.15, 0.2) is 85.7 Å². The van der Waals surface area contributed by atoms with Crippen LogP contribution in [0.4, 0.5) is 51.7 Å². The number of ether oxygens (including phenoxy) is 2. The van der Waals surface area contributed by atoms with Crippen LogP contribution in [0.5, 0.6) is 11.5 Å². The Morgan fingerprint density at radius 1 is 0.558 bits per heavy atom. The number of anilines is 8. The van der Waals surface area contributed by atoms with E-state index in [-0.39, 0.29) is 15.9 Å². The highest BCUT2D eigenvalue weighted by molar-refractivity contribution is 7.71. The molecule has 0 saturated carbocycles. The SMILES string of the molecule is COc1cc(N2CCC(N3CCCC3)CC2)c(-c2cnn(C)c2)cc1Nc1ncc(Cl)c(Nc2ccc(C)c(C)c2P(C)(C)=O)n1.COc1cc(N2CCC(N3CCCC3)CC2)c(-c2cnn(C)c2)cc1[N+](=O)[O-].Cc1ccc(Nc2nc(Cl)ncc2Cl)c(P(C)(C)=O)c1C. The van der Waals surface area contributed by atoms with Gasteiger partial charge in [-0.05, 0) is 184 Å². The molecule has 8 heterocycles. The lowest BCUT2D eigenvalue weighted by Crippen LogP contribution is -2.44. The second-order valence-electron chi connectivity index (χ2n) is 25.7. The predicted molar refractivity (Wildman–Crippen MR) is 388 cm³/mol. The first kappa shape index (κ1) is 70.5. The van der Waals surface area contributed by atoms with Gasteiger partial charge in [0.25, 0.3) is 0 Å². The molecule has 0 amide bonds. The summed E-state index contributed by atoms with van der Waals surface area (Å²) in [6.45, 7) is 23.8. The number of aromatic nitrogens is 8. The van der Waals surface area contributed by atoms with Gasteiger partial charge in [0.1, 0.15) is 30.1 Å². The van der Waals surface area contributed by atoms with Gasteiger partial charge in [-0.15, -0.1) is 0 Å². The number of aryl methyl sites for hydroxylation is 4. The van der Waals surface area contributed by atoms with E-state index in [0.717, 1.165) is 135 Å². The van der Waals surface area contributed by atoms with Crippen molar-refractivity contribution < 1.29 is 23.5 Å². The Morgan fingerprint density at radius 2 is 0.989 bits per heavy atom. The molecule has 3 N–H and O–H groups in total. The summed E-state index contributed by atoms with van der Waals surface area (Å²) >= 11 is 18.4. The zero-order valence-corrected chi connectivity index (χ0v) is 60.4. The number of nitro groups is 1. The zero-order chi connectivity index (χ0) is 68.0. The highest BCUT2D eigenvalue weighted by atomic mass is 35.5. The van der Waals surface area contributed by atoms with Gasteiger partial charge >= 0.3 is 5.69 Å². The van der Waals surface area contributed by atoms with E-state index in [9.17, 15) is 19.2 Å². The molecule has 4 saturated heterocycles. The van der Waals surface area contributed by atoms with E-state index >= 15 is 0 Å². The van der Waals surface area contributed by atoms with Crippen molar-refractivity contribution in [2.75, 3.05) is 119 Å². The normalized spacial score (nSPS) is 15.9. The predicted octanol–water partition coefficient (Wildman–Crippen LogP) is 14.4. The molecule has 4 aliphatic heterocycles. The second kappa shape index (κ2) is 30.4. The topological polar surface area (TPSA) is 232 Å². The lowest BCUT2D eigenvalue weighted by Gasteiger charge is -2.38. The highest BCUT2D eigenvalue weighted by Gasteiger charge is 2.32. The van der Waals surface area contributed by atoms with Gasteiger partial charge in [-0.3, -0.25) is 19.5 Å². The number of rotatable bonds is 17. The Kier molecular flexibility index (Phi) is 22.6. The van der Waals surface area contributed by atoms with Crippen molar-refractivity contribution >= 4 is 111 Å². The summed E-state index contributed by atoms with van der Waals surface area (Å²) in [6, 6.07) is 16.7. The average molecular weight is 1390 g/mol. The van der Waals surface area contributed by atoms with Crippen LogP contribution in [0, 0.1) is 37.8 Å². The molecule has 0 atom stereocenters. The molecule has 4 aliphatic rings. The van der Waals surface area contributed by atoms with E-state index in [2.05, 4.69) is 72.8 Å². The molecule has 0 spiro atoms. The maximum atomic E-state index is 13.3. The van der Waals surface area contributed by atoms with Crippen molar-refractivity contribution in [3.8, 4) is 33.8 Å². The summed E-state index contributed by atoms with van der Waals surface area (Å²) in [5, 5.41) is 32.5. The number of nitro benzene ring substituents is 1. The van der Waals surface area contributed by atoms with Crippen LogP contribution >= 0.6 is 49.1 Å². The Balaban J connectivity index is 0.000000170. The lowest BCUT2D eigenvalue weighted by atomic mass is 9.99. The third-order valence-corrected chi connectivity index (χ3v) is 22.5. The van der Waals surface area contributed by atoms with Gasteiger partial charge in [-0.2, -0.15) is 20.2 Å². The number of halogens is 3. The van der Waals surface area contributed by atoms with E-state index in [1.54, 1.807) is 56.9 Å². The Morgan fingerprint density at radius 3 is 1.41 bits per heavy atom. The first-order valence-electron chi connectivity index (χ1n) is 32.2. The first-order valence-corrected chi connectivity index (χ1v) is 38.5. The van der Waals surface area contributed by atoms with Gasteiger partial charge in [0, 0.05) is 127 Å². The number of methoxy groups -OCH3 is 2. The van der Waals surface area contributed by atoms with Crippen molar-refractivity contribution in [1.29, 1.82) is 0 Å².